The van der Waals surface area contributed by atoms with Gasteiger partial charge in [0.05, 0.1) is 16.7 Å². The van der Waals surface area contributed by atoms with Gasteiger partial charge in [-0.3, -0.25) is 19.0 Å². The Kier molecular flexibility index (Phi) is 8.36. The van der Waals surface area contributed by atoms with Crippen molar-refractivity contribution < 1.29 is 9.59 Å². The van der Waals surface area contributed by atoms with Crippen LogP contribution in [0.15, 0.2) is 64.5 Å². The van der Waals surface area contributed by atoms with E-state index in [1.165, 1.54) is 11.8 Å². The third kappa shape index (κ3) is 6.47. The van der Waals surface area contributed by atoms with Crippen LogP contribution in [0.4, 0.5) is 0 Å². The molecule has 3 aromatic rings. The second kappa shape index (κ2) is 11.8. The van der Waals surface area contributed by atoms with E-state index < -0.39 is 0 Å². The highest BCUT2D eigenvalue weighted by Gasteiger charge is 2.18. The van der Waals surface area contributed by atoms with Crippen LogP contribution < -0.4 is 16.2 Å². The zero-order valence-corrected chi connectivity index (χ0v) is 20.0. The van der Waals surface area contributed by atoms with Crippen molar-refractivity contribution in [3.05, 3.63) is 70.5 Å². The zero-order chi connectivity index (χ0) is 23.8. The van der Waals surface area contributed by atoms with E-state index in [1.807, 2.05) is 42.5 Å². The SMILES string of the molecule is O=C(CCCn1c(SCC(=O)NC2CCCC2)nc2ccccc2c1=O)NCc1ccccc1. The summed E-state index contributed by atoms with van der Waals surface area (Å²) in [6.45, 7) is 0.844. The molecule has 0 aliphatic heterocycles. The second-order valence-corrected chi connectivity index (χ2v) is 9.51. The number of benzene rings is 2. The van der Waals surface area contributed by atoms with Crippen LogP contribution in [0, 0.1) is 0 Å². The fourth-order valence-electron chi connectivity index (χ4n) is 4.21. The highest BCUT2D eigenvalue weighted by molar-refractivity contribution is 7.99. The minimum atomic E-state index is -0.144. The van der Waals surface area contributed by atoms with Gasteiger partial charge in [0.15, 0.2) is 5.16 Å². The summed E-state index contributed by atoms with van der Waals surface area (Å²) < 4.78 is 1.60. The van der Waals surface area contributed by atoms with Crippen LogP contribution >= 0.6 is 11.8 Å². The summed E-state index contributed by atoms with van der Waals surface area (Å²) in [5.74, 6) is 0.112. The molecule has 1 aromatic heterocycles. The smallest absolute Gasteiger partial charge is 0.262 e. The summed E-state index contributed by atoms with van der Waals surface area (Å²) in [7, 11) is 0. The molecule has 8 heteroatoms. The lowest BCUT2D eigenvalue weighted by molar-refractivity contribution is -0.121. The van der Waals surface area contributed by atoms with Gasteiger partial charge >= 0.3 is 0 Å². The summed E-state index contributed by atoms with van der Waals surface area (Å²) in [4.78, 5) is 42.5. The Balaban J connectivity index is 1.39. The van der Waals surface area contributed by atoms with E-state index in [9.17, 15) is 14.4 Å². The number of carbonyl (C=O) groups excluding carboxylic acids is 2. The maximum Gasteiger partial charge on any atom is 0.262 e. The van der Waals surface area contributed by atoms with Crippen molar-refractivity contribution in [1.82, 2.24) is 20.2 Å². The maximum atomic E-state index is 13.2. The number of rotatable bonds is 10. The van der Waals surface area contributed by atoms with Crippen LogP contribution in [-0.4, -0.2) is 33.2 Å². The summed E-state index contributed by atoms with van der Waals surface area (Å²) in [6, 6.07) is 17.2. The van der Waals surface area contributed by atoms with E-state index in [4.69, 9.17) is 0 Å². The molecule has 4 rings (SSSR count). The molecule has 0 unspecified atom stereocenters. The van der Waals surface area contributed by atoms with Gasteiger partial charge in [-0.05, 0) is 37.0 Å². The largest absolute Gasteiger partial charge is 0.353 e. The molecule has 178 valence electrons. The molecule has 2 N–H and O–H groups in total. The highest BCUT2D eigenvalue weighted by Crippen LogP contribution is 2.20. The standard InChI is InChI=1S/C26H30N4O3S/c31-23(27-17-19-9-2-1-3-10-19)15-8-16-30-25(33)21-13-6-7-14-22(21)29-26(30)34-18-24(32)28-20-11-4-5-12-20/h1-3,6-7,9-10,13-14,20H,4-5,8,11-12,15-18H2,(H,27,31)(H,28,32). The van der Waals surface area contributed by atoms with Crippen LogP contribution in [-0.2, 0) is 22.7 Å². The maximum absolute atomic E-state index is 13.2. The summed E-state index contributed by atoms with van der Waals surface area (Å²) in [6.07, 6.45) is 5.18. The van der Waals surface area contributed by atoms with Crippen molar-refractivity contribution in [2.45, 2.75) is 62.8 Å². The van der Waals surface area contributed by atoms with Gasteiger partial charge in [-0.25, -0.2) is 4.98 Å². The quantitative estimate of drug-likeness (QED) is 0.343. The number of hydrogen-bond donors (Lipinski definition) is 2. The number of amides is 2. The first-order chi connectivity index (χ1) is 16.6. The fourth-order valence-corrected chi connectivity index (χ4v) is 5.04. The Hall–Kier alpha value is -3.13. The minimum absolute atomic E-state index is 0.0360. The summed E-state index contributed by atoms with van der Waals surface area (Å²) >= 11 is 1.27. The molecule has 7 nitrogen and oxygen atoms in total. The van der Waals surface area contributed by atoms with E-state index >= 15 is 0 Å². The molecule has 1 saturated carbocycles. The van der Waals surface area contributed by atoms with Gasteiger partial charge in [0.1, 0.15) is 0 Å². The van der Waals surface area contributed by atoms with Crippen molar-refractivity contribution in [2.24, 2.45) is 0 Å². The third-order valence-electron chi connectivity index (χ3n) is 6.00. The summed E-state index contributed by atoms with van der Waals surface area (Å²) in [5.41, 5.74) is 1.51. The normalized spacial score (nSPS) is 13.8. The molecule has 0 spiro atoms. The second-order valence-electron chi connectivity index (χ2n) is 8.57. The van der Waals surface area contributed by atoms with Crippen molar-refractivity contribution in [3.63, 3.8) is 0 Å². The number of nitrogens with one attached hydrogen (secondary N) is 2. The zero-order valence-electron chi connectivity index (χ0n) is 19.2. The number of fused-ring (bicyclic) bond motifs is 1. The van der Waals surface area contributed by atoms with Crippen LogP contribution in [0.25, 0.3) is 10.9 Å². The van der Waals surface area contributed by atoms with Crippen molar-refractivity contribution in [1.29, 1.82) is 0 Å². The molecular weight excluding hydrogens is 448 g/mol. The lowest BCUT2D eigenvalue weighted by Crippen LogP contribution is -2.34. The molecule has 1 heterocycles. The van der Waals surface area contributed by atoms with Crippen molar-refractivity contribution >= 4 is 34.5 Å². The van der Waals surface area contributed by atoms with Crippen molar-refractivity contribution in [2.75, 3.05) is 5.75 Å². The van der Waals surface area contributed by atoms with E-state index in [0.717, 1.165) is 31.2 Å². The van der Waals surface area contributed by atoms with E-state index in [1.54, 1.807) is 16.7 Å². The van der Waals surface area contributed by atoms with Gasteiger partial charge < -0.3 is 10.6 Å². The Morgan fingerprint density at radius 3 is 2.53 bits per heavy atom. The minimum Gasteiger partial charge on any atom is -0.353 e. The van der Waals surface area contributed by atoms with Gasteiger partial charge in [0.2, 0.25) is 11.8 Å². The monoisotopic (exact) mass is 478 g/mol. The molecule has 1 aliphatic carbocycles. The Morgan fingerprint density at radius 2 is 1.74 bits per heavy atom. The molecule has 0 atom stereocenters. The Morgan fingerprint density at radius 1 is 1.00 bits per heavy atom. The van der Waals surface area contributed by atoms with Gasteiger partial charge in [0.25, 0.3) is 5.56 Å². The molecule has 1 aliphatic rings. The highest BCUT2D eigenvalue weighted by atomic mass is 32.2. The lowest BCUT2D eigenvalue weighted by atomic mass is 10.2. The number of para-hydroxylation sites is 1. The number of aromatic nitrogens is 2. The molecule has 1 fully saturated rings. The van der Waals surface area contributed by atoms with Crippen LogP contribution in [0.3, 0.4) is 0 Å². The fraction of sp³-hybridized carbons (Fsp3) is 0.385. The Bertz CT molecular complexity index is 1190. The molecule has 0 saturated heterocycles. The van der Waals surface area contributed by atoms with E-state index in [-0.39, 0.29) is 29.2 Å². The van der Waals surface area contributed by atoms with Crippen molar-refractivity contribution in [3.8, 4) is 0 Å². The Labute approximate surface area is 203 Å². The van der Waals surface area contributed by atoms with Crippen LogP contribution in [0.5, 0.6) is 0 Å². The third-order valence-corrected chi connectivity index (χ3v) is 6.97. The van der Waals surface area contributed by atoms with E-state index in [2.05, 4.69) is 15.6 Å². The topological polar surface area (TPSA) is 93.1 Å². The predicted molar refractivity (Wildman–Crippen MR) is 135 cm³/mol. The molecule has 0 radical (unpaired) electrons. The van der Waals surface area contributed by atoms with Gasteiger partial charge in [-0.1, -0.05) is 67.1 Å². The number of nitrogens with zero attached hydrogens (tertiary/aromatic N) is 2. The molecule has 34 heavy (non-hydrogen) atoms. The van der Waals surface area contributed by atoms with Gasteiger partial charge in [0, 0.05) is 25.6 Å². The molecule has 2 aromatic carbocycles. The lowest BCUT2D eigenvalue weighted by Gasteiger charge is -2.14. The number of hydrogen-bond acceptors (Lipinski definition) is 5. The molecular formula is C26H30N4O3S. The summed E-state index contributed by atoms with van der Waals surface area (Å²) in [5, 5.41) is 7.04. The molecule has 2 amide bonds. The average molecular weight is 479 g/mol. The predicted octanol–water partition coefficient (Wildman–Crippen LogP) is 3.64. The van der Waals surface area contributed by atoms with E-state index in [0.29, 0.717) is 42.0 Å². The van der Waals surface area contributed by atoms with Crippen LogP contribution in [0.1, 0.15) is 44.1 Å². The first-order valence-corrected chi connectivity index (χ1v) is 12.8. The van der Waals surface area contributed by atoms with Crippen LogP contribution in [0.2, 0.25) is 0 Å². The number of carbonyl (C=O) groups is 2. The number of thioether (sulfide) groups is 1. The van der Waals surface area contributed by atoms with Gasteiger partial charge in [-0.15, -0.1) is 0 Å². The molecule has 0 bridgehead atoms. The average Bonchev–Trinajstić information content (AvgIpc) is 3.36. The first kappa shape index (κ1) is 24.0. The first-order valence-electron chi connectivity index (χ1n) is 11.8. The van der Waals surface area contributed by atoms with Gasteiger partial charge in [-0.2, -0.15) is 0 Å².